The smallest absolute Gasteiger partial charge is 0.210 e. The predicted octanol–water partition coefficient (Wildman–Crippen LogP) is 5.87. The summed E-state index contributed by atoms with van der Waals surface area (Å²) in [7, 11) is 0. The first-order chi connectivity index (χ1) is 34.8. The van der Waals surface area contributed by atoms with Crippen molar-refractivity contribution in [3.8, 4) is 237 Å². The Balaban J connectivity index is 1.50. The molecule has 2 aromatic rings. The third-order valence-corrected chi connectivity index (χ3v) is 9.53. The van der Waals surface area contributed by atoms with E-state index in [-0.39, 0.29) is 10.8 Å². The Bertz CT molecular complexity index is 4010. The van der Waals surface area contributed by atoms with Crippen LogP contribution < -0.4 is 10.6 Å². The third kappa shape index (κ3) is 17.1. The average Bonchev–Trinajstić information content (AvgIpc) is 3.72. The molecule has 0 atom stereocenters. The van der Waals surface area contributed by atoms with Gasteiger partial charge >= 0.3 is 0 Å². The van der Waals surface area contributed by atoms with E-state index in [1.165, 1.54) is 11.1 Å². The van der Waals surface area contributed by atoms with E-state index in [9.17, 15) is 0 Å². The minimum absolute atomic E-state index is 0.295. The van der Waals surface area contributed by atoms with Gasteiger partial charge in [-0.1, -0.05) is 68.0 Å². The molecule has 0 aromatic heterocycles. The lowest BCUT2D eigenvalue weighted by molar-refractivity contribution is -0.422. The number of nitrogens with zero attached hydrogens (tertiary/aromatic N) is 2. The zero-order valence-electron chi connectivity index (χ0n) is 39.9. The number of fused-ring (bicyclic) bond motifs is 2. The average molecular weight is 895 g/mol. The van der Waals surface area contributed by atoms with E-state index in [0.29, 0.717) is 19.6 Å². The van der Waals surface area contributed by atoms with Crippen LogP contribution in [0.5, 0.6) is 0 Å². The summed E-state index contributed by atoms with van der Waals surface area (Å²) in [5.74, 6) is 106. The third-order valence-electron chi connectivity index (χ3n) is 9.53. The maximum Gasteiger partial charge on any atom is 0.210 e. The Hall–Kier alpha value is -11.5. The van der Waals surface area contributed by atoms with Gasteiger partial charge in [0.25, 0.3) is 0 Å². The number of benzene rings is 2. The number of hydrogen-bond donors (Lipinski definition) is 1. The lowest BCUT2D eigenvalue weighted by atomic mass is 9.81. The van der Waals surface area contributed by atoms with Crippen LogP contribution in [0.15, 0.2) is 66.4 Å². The molecular weight excluding hydrogens is 859 g/mol. The maximum atomic E-state index is 6.08. The van der Waals surface area contributed by atoms with Crippen molar-refractivity contribution in [3.63, 3.8) is 0 Å². The van der Waals surface area contributed by atoms with Gasteiger partial charge in [0.2, 0.25) is 12.2 Å². The highest BCUT2D eigenvalue weighted by Gasteiger charge is 2.44. The summed E-state index contributed by atoms with van der Waals surface area (Å²) in [5, 5.41) is 0. The highest BCUT2D eigenvalue weighted by molar-refractivity contribution is 6.03. The molecule has 2 heterocycles. The highest BCUT2D eigenvalue weighted by atomic mass is 15.2. The number of hydrogen-bond acceptors (Lipinski definition) is 2. The Morgan fingerprint density at radius 2 is 0.887 bits per heavy atom. The Morgan fingerprint density at radius 3 is 1.32 bits per heavy atom. The van der Waals surface area contributed by atoms with E-state index in [0.717, 1.165) is 28.3 Å². The van der Waals surface area contributed by atoms with E-state index >= 15 is 0 Å². The summed E-state index contributed by atoms with van der Waals surface area (Å²) in [4.78, 5) is 2.22. The second-order valence-corrected chi connectivity index (χ2v) is 14.6. The van der Waals surface area contributed by atoms with Gasteiger partial charge in [0.05, 0.1) is 12.0 Å². The summed E-state index contributed by atoms with van der Waals surface area (Å²) in [6, 6.07) is 14.7. The summed E-state index contributed by atoms with van der Waals surface area (Å²) in [6.45, 7) is 13.6. The van der Waals surface area contributed by atoms with Crippen molar-refractivity contribution in [2.45, 2.75) is 58.9 Å². The first-order valence-electron chi connectivity index (χ1n) is 21.3. The molecule has 322 valence electrons. The van der Waals surface area contributed by atoms with Gasteiger partial charge in [-0.25, -0.2) is 0 Å². The summed E-state index contributed by atoms with van der Waals surface area (Å²) >= 11 is 0. The lowest BCUT2D eigenvalue weighted by Gasteiger charge is -2.25. The molecule has 71 heavy (non-hydrogen) atoms. The molecule has 0 amide bonds. The van der Waals surface area contributed by atoms with Gasteiger partial charge in [0, 0.05) is 64.7 Å². The molecule has 0 radical (unpaired) electrons. The zero-order chi connectivity index (χ0) is 50.7. The van der Waals surface area contributed by atoms with Gasteiger partial charge in [-0.3, -0.25) is 0 Å². The summed E-state index contributed by atoms with van der Waals surface area (Å²) < 4.78 is 2.23. The second-order valence-electron chi connectivity index (χ2n) is 14.6. The van der Waals surface area contributed by atoms with E-state index < -0.39 is 0 Å². The monoisotopic (exact) mass is 894 g/mol. The van der Waals surface area contributed by atoms with Gasteiger partial charge < -0.3 is 10.6 Å². The largest absolute Gasteiger partial charge is 0.332 e. The van der Waals surface area contributed by atoms with Gasteiger partial charge in [-0.05, 0) is 246 Å². The number of anilines is 1. The molecule has 0 saturated carbocycles. The second kappa shape index (κ2) is 29.9. The van der Waals surface area contributed by atoms with Gasteiger partial charge in [0.15, 0.2) is 5.71 Å². The molecule has 2 N–H and O–H groups in total. The van der Waals surface area contributed by atoms with Gasteiger partial charge in [-0.2, -0.15) is 4.58 Å². The minimum atomic E-state index is -0.343. The van der Waals surface area contributed by atoms with Crippen molar-refractivity contribution in [1.82, 2.24) is 0 Å². The molecule has 2 aliphatic rings. The van der Waals surface area contributed by atoms with Crippen LogP contribution >= 0.6 is 0 Å². The van der Waals surface area contributed by atoms with Crippen LogP contribution in [0.4, 0.5) is 11.4 Å². The predicted molar refractivity (Wildman–Crippen MR) is 288 cm³/mol. The molecule has 0 saturated heterocycles. The van der Waals surface area contributed by atoms with Gasteiger partial charge in [0.1, 0.15) is 0 Å². The molecule has 0 aliphatic carbocycles. The molecule has 4 rings (SSSR count). The van der Waals surface area contributed by atoms with Gasteiger partial charge in [-0.15, -0.1) is 0 Å². The lowest BCUT2D eigenvalue weighted by Crippen LogP contribution is -2.28. The Kier molecular flexibility index (Phi) is 22.0. The van der Waals surface area contributed by atoms with E-state index in [1.54, 1.807) is 13.8 Å². The number of nitrogens with two attached hydrogens (primary N) is 1. The fourth-order valence-electron chi connectivity index (χ4n) is 6.51. The van der Waals surface area contributed by atoms with Crippen molar-refractivity contribution in [2.24, 2.45) is 5.73 Å². The van der Waals surface area contributed by atoms with Crippen molar-refractivity contribution < 1.29 is 4.58 Å². The van der Waals surface area contributed by atoms with E-state index in [4.69, 9.17) is 5.73 Å². The van der Waals surface area contributed by atoms with Crippen LogP contribution in [-0.4, -0.2) is 23.4 Å². The van der Waals surface area contributed by atoms with Crippen LogP contribution in [0.2, 0.25) is 0 Å². The fourth-order valence-corrected chi connectivity index (χ4v) is 6.51. The number of para-hydroxylation sites is 1. The molecule has 3 heteroatoms. The quantitative estimate of drug-likeness (QED) is 0.302. The molecular formula is C68H36N3+. The van der Waals surface area contributed by atoms with Crippen LogP contribution in [0.25, 0.3) is 0 Å². The van der Waals surface area contributed by atoms with Crippen LogP contribution in [0, 0.1) is 237 Å². The molecule has 0 unspecified atom stereocenters. The number of rotatable bonds is 5. The van der Waals surface area contributed by atoms with Crippen LogP contribution in [0.3, 0.4) is 0 Å². The first-order valence-corrected chi connectivity index (χ1v) is 21.3. The zero-order valence-corrected chi connectivity index (χ0v) is 39.9. The summed E-state index contributed by atoms with van der Waals surface area (Å²) in [6.07, 6.45) is 6.44. The molecule has 3 nitrogen and oxygen atoms in total. The summed E-state index contributed by atoms with van der Waals surface area (Å²) in [5.41, 5.74) is 13.2. The molecule has 0 spiro atoms. The fraction of sp³-hybridized carbons (Fsp3) is 0.162. The van der Waals surface area contributed by atoms with Crippen LogP contribution in [-0.2, 0) is 17.4 Å². The molecule has 0 bridgehead atoms. The molecule has 2 aromatic carbocycles. The van der Waals surface area contributed by atoms with Crippen molar-refractivity contribution in [3.05, 3.63) is 83.1 Å². The maximum absolute atomic E-state index is 6.08. The topological polar surface area (TPSA) is 32.3 Å². The van der Waals surface area contributed by atoms with Crippen molar-refractivity contribution in [2.75, 3.05) is 18.0 Å². The Labute approximate surface area is 422 Å². The minimum Gasteiger partial charge on any atom is -0.332 e. The standard InChI is InChI=1S/C68H36N3/c1-7-9-11-13-15-17-19-21-23-25-27-29-31-33-35-37-39-41-43-47-56-70-63-51-46-45-50-61(63)67(3,4)65(70)52-49-53-66-68(5,6)62-58-60(59-69)54-55-64(62)71(66)57-48-44-42-40-38-36-34-32-30-28-26-24-22-20-18-16-14-12-10-8-2/h45-46,49-55,58H,56-57,59,69H2,1-6H3/q+1. The molecule has 2 aliphatic heterocycles. The highest BCUT2D eigenvalue weighted by Crippen LogP contribution is 2.48. The van der Waals surface area contributed by atoms with Crippen molar-refractivity contribution in [1.29, 1.82) is 0 Å². The van der Waals surface area contributed by atoms with Crippen LogP contribution in [0.1, 0.15) is 58.2 Å². The van der Waals surface area contributed by atoms with Crippen molar-refractivity contribution >= 4 is 17.1 Å². The van der Waals surface area contributed by atoms with E-state index in [1.807, 2.05) is 6.07 Å². The number of allylic oxidation sites excluding steroid dienone is 4. The Morgan fingerprint density at radius 1 is 0.479 bits per heavy atom. The first kappa shape index (κ1) is 52.2. The molecule has 0 fully saturated rings. The normalized spacial score (nSPS) is 11.0. The van der Waals surface area contributed by atoms with E-state index in [2.05, 4.69) is 329 Å². The SMILES string of the molecule is CC#CC#CC#CC#CC#CC#CC#CC#CC#CC#CCN1C(=CC=CC2=[N+](CC#CC#CC#CC#CC#CC#CC#CC#CC#CC#CC)c3ccccc3C2(C)C)C(C)(C)c2cc(CN)ccc21.